The minimum absolute atomic E-state index is 0.111. The first-order chi connectivity index (χ1) is 23.9. The summed E-state index contributed by atoms with van der Waals surface area (Å²) in [4.78, 5) is 49.9. The maximum atomic E-state index is 14.2. The first-order valence-corrected chi connectivity index (χ1v) is 17.2. The molecule has 5 heterocycles. The minimum atomic E-state index is -4.50. The summed E-state index contributed by atoms with van der Waals surface area (Å²) in [5.74, 6) is -7.22. The van der Waals surface area contributed by atoms with Crippen LogP contribution in [-0.4, -0.2) is 89.5 Å². The molecule has 3 aromatic heterocycles. The molecule has 278 valence electrons. The van der Waals surface area contributed by atoms with Crippen LogP contribution >= 0.6 is 0 Å². The predicted octanol–water partition coefficient (Wildman–Crippen LogP) is 4.83. The number of fused-ring (bicyclic) bond motifs is 1. The van der Waals surface area contributed by atoms with E-state index in [1.165, 1.54) is 26.5 Å². The molecule has 13 nitrogen and oxygen atoms in total. The van der Waals surface area contributed by atoms with Crippen molar-refractivity contribution in [2.45, 2.75) is 102 Å². The van der Waals surface area contributed by atoms with Crippen LogP contribution in [0.25, 0.3) is 5.78 Å². The summed E-state index contributed by atoms with van der Waals surface area (Å²) in [6, 6.07) is 0.757. The van der Waals surface area contributed by atoms with Crippen molar-refractivity contribution in [3.05, 3.63) is 41.2 Å². The van der Waals surface area contributed by atoms with E-state index in [0.717, 1.165) is 0 Å². The summed E-state index contributed by atoms with van der Waals surface area (Å²) in [5, 5.41) is 14.2. The van der Waals surface area contributed by atoms with Gasteiger partial charge in [-0.05, 0) is 58.9 Å². The number of carbonyl (C=O) groups is 3. The lowest BCUT2D eigenvalue weighted by molar-refractivity contribution is -0.183. The highest BCUT2D eigenvalue weighted by Gasteiger charge is 2.46. The summed E-state index contributed by atoms with van der Waals surface area (Å²) < 4.78 is 77.8. The summed E-state index contributed by atoms with van der Waals surface area (Å²) in [5.41, 5.74) is 0.536. The van der Waals surface area contributed by atoms with Crippen molar-refractivity contribution >= 4 is 23.7 Å². The van der Waals surface area contributed by atoms with Crippen molar-refractivity contribution in [2.75, 3.05) is 19.6 Å². The third kappa shape index (κ3) is 8.08. The van der Waals surface area contributed by atoms with Gasteiger partial charge >= 0.3 is 12.3 Å². The van der Waals surface area contributed by atoms with Crippen molar-refractivity contribution in [1.82, 2.24) is 44.9 Å². The number of piperidine rings is 1. The zero-order valence-corrected chi connectivity index (χ0v) is 28.8. The van der Waals surface area contributed by atoms with Gasteiger partial charge in [-0.3, -0.25) is 14.3 Å². The van der Waals surface area contributed by atoms with Gasteiger partial charge in [-0.2, -0.15) is 23.4 Å². The summed E-state index contributed by atoms with van der Waals surface area (Å²) in [6.07, 6.45) is -3.05. The largest absolute Gasteiger partial charge is 0.444 e. The molecule has 6 rings (SSSR count). The molecule has 18 heteroatoms. The van der Waals surface area contributed by atoms with Gasteiger partial charge in [-0.25, -0.2) is 28.1 Å². The van der Waals surface area contributed by atoms with Gasteiger partial charge in [0.15, 0.2) is 0 Å². The van der Waals surface area contributed by atoms with Crippen LogP contribution in [0.5, 0.6) is 0 Å². The van der Waals surface area contributed by atoms with Gasteiger partial charge in [0.2, 0.25) is 11.8 Å². The molecule has 3 aromatic rings. The van der Waals surface area contributed by atoms with Crippen molar-refractivity contribution in [3.63, 3.8) is 0 Å². The third-order valence-corrected chi connectivity index (χ3v) is 9.81. The lowest BCUT2D eigenvalue weighted by Crippen LogP contribution is -2.51. The van der Waals surface area contributed by atoms with Crippen LogP contribution in [0.15, 0.2) is 18.5 Å². The molecule has 3 amide bonds. The number of amides is 3. The van der Waals surface area contributed by atoms with E-state index in [1.54, 1.807) is 26.8 Å². The molecule has 3 aliphatic rings. The lowest BCUT2D eigenvalue weighted by atomic mass is 9.81. The van der Waals surface area contributed by atoms with Gasteiger partial charge in [0.1, 0.15) is 11.3 Å². The van der Waals surface area contributed by atoms with E-state index < -0.39 is 72.4 Å². The number of alkyl halides is 5. The highest BCUT2D eigenvalue weighted by molar-refractivity contribution is 5.92. The first-order valence-electron chi connectivity index (χ1n) is 17.2. The number of hydrogen-bond donors (Lipinski definition) is 2. The van der Waals surface area contributed by atoms with Gasteiger partial charge < -0.3 is 20.3 Å². The average Bonchev–Trinajstić information content (AvgIpc) is 3.66. The van der Waals surface area contributed by atoms with Gasteiger partial charge in [0.25, 0.3) is 11.7 Å². The van der Waals surface area contributed by atoms with E-state index >= 15 is 0 Å². The first kappa shape index (κ1) is 36.4. The van der Waals surface area contributed by atoms with Crippen LogP contribution in [-0.2, 0) is 22.5 Å². The standard InChI is InChI=1S/C33H42F5N9O4/c1-5-46-24(8-11-40-46)28(49)42-25(18-6-9-32(34,35)10-7-18)23-17-47-29(41-23)43-26(20-15-45(16-20)30(50)51-31(2,3)4)22(44-47)13-19-12-21(33(36,37)38)14-39-27(19)48/h8,11,17-21,25H,5-7,9-10,12-16H2,1-4H3,(H,39,48)(H,42,49)/t19-,21-,25+/m1/s1. The molecule has 2 aliphatic heterocycles. The molecule has 1 aliphatic carbocycles. The molecule has 0 radical (unpaired) electrons. The second-order valence-electron chi connectivity index (χ2n) is 14.7. The molecule has 1 saturated carbocycles. The molecule has 2 N–H and O–H groups in total. The van der Waals surface area contributed by atoms with E-state index in [1.807, 2.05) is 6.92 Å². The van der Waals surface area contributed by atoms with Crippen LogP contribution in [0.4, 0.5) is 26.7 Å². The van der Waals surface area contributed by atoms with Crippen molar-refractivity contribution in [1.29, 1.82) is 0 Å². The fourth-order valence-electron chi connectivity index (χ4n) is 7.01. The van der Waals surface area contributed by atoms with Crippen LogP contribution in [0.1, 0.15) is 99.3 Å². The van der Waals surface area contributed by atoms with Crippen molar-refractivity contribution in [2.24, 2.45) is 17.8 Å². The fraction of sp³-hybridized carbons (Fsp3) is 0.667. The van der Waals surface area contributed by atoms with Gasteiger partial charge in [0, 0.05) is 63.5 Å². The van der Waals surface area contributed by atoms with Crippen LogP contribution in [0, 0.1) is 17.8 Å². The maximum Gasteiger partial charge on any atom is 0.410 e. The summed E-state index contributed by atoms with van der Waals surface area (Å²) in [7, 11) is 0. The molecule has 51 heavy (non-hydrogen) atoms. The quantitative estimate of drug-likeness (QED) is 0.314. The van der Waals surface area contributed by atoms with E-state index in [2.05, 4.69) is 20.7 Å². The Bertz CT molecular complexity index is 1770. The number of nitrogens with one attached hydrogen (secondary N) is 2. The normalized spacial score (nSPS) is 22.4. The van der Waals surface area contributed by atoms with Crippen molar-refractivity contribution in [3.8, 4) is 0 Å². The summed E-state index contributed by atoms with van der Waals surface area (Å²) >= 11 is 0. The highest BCUT2D eigenvalue weighted by atomic mass is 19.4. The molecule has 0 bridgehead atoms. The Morgan fingerprint density at radius 3 is 2.49 bits per heavy atom. The SMILES string of the molecule is CCn1nccc1C(=O)N[C@H](c1cn2nc(C[C@H]3C[C@@H](C(F)(F)F)CNC3=O)c(C3CN(C(=O)OC(C)(C)C)C3)nc2n1)C1CCC(F)(F)CC1. The molecule has 0 unspecified atom stereocenters. The van der Waals surface area contributed by atoms with E-state index in [0.29, 0.717) is 17.9 Å². The Labute approximate surface area is 290 Å². The predicted molar refractivity (Wildman–Crippen MR) is 171 cm³/mol. The fourth-order valence-corrected chi connectivity index (χ4v) is 7.01. The zero-order valence-electron chi connectivity index (χ0n) is 28.8. The smallest absolute Gasteiger partial charge is 0.410 e. The molecule has 0 aromatic carbocycles. The second-order valence-corrected chi connectivity index (χ2v) is 14.7. The number of hydrogen-bond acceptors (Lipinski definition) is 8. The van der Waals surface area contributed by atoms with E-state index in [9.17, 15) is 36.3 Å². The molecular weight excluding hydrogens is 681 g/mol. The third-order valence-electron chi connectivity index (χ3n) is 9.81. The highest BCUT2D eigenvalue weighted by Crippen LogP contribution is 2.42. The zero-order chi connectivity index (χ0) is 36.9. The van der Waals surface area contributed by atoms with Crippen LogP contribution < -0.4 is 10.6 Å². The Kier molecular flexibility index (Phi) is 9.73. The minimum Gasteiger partial charge on any atom is -0.444 e. The molecule has 0 spiro atoms. The monoisotopic (exact) mass is 723 g/mol. The molecule has 2 saturated heterocycles. The van der Waals surface area contributed by atoms with E-state index in [-0.39, 0.29) is 68.3 Å². The van der Waals surface area contributed by atoms with Crippen LogP contribution in [0.3, 0.4) is 0 Å². The van der Waals surface area contributed by atoms with Gasteiger partial charge in [-0.1, -0.05) is 0 Å². The Hall–Kier alpha value is -4.38. The number of aromatic nitrogens is 6. The molecular formula is C33H42F5N9O4. The van der Waals surface area contributed by atoms with Gasteiger partial charge in [-0.15, -0.1) is 0 Å². The van der Waals surface area contributed by atoms with Crippen LogP contribution in [0.2, 0.25) is 0 Å². The number of ether oxygens (including phenoxy) is 1. The number of likely N-dealkylation sites (tertiary alicyclic amines) is 1. The summed E-state index contributed by atoms with van der Waals surface area (Å²) in [6.45, 7) is 7.37. The second kappa shape index (κ2) is 13.6. The number of halogens is 5. The Morgan fingerprint density at radius 2 is 1.84 bits per heavy atom. The number of rotatable bonds is 8. The van der Waals surface area contributed by atoms with E-state index in [4.69, 9.17) is 14.8 Å². The number of nitrogens with zero attached hydrogens (tertiary/aromatic N) is 7. The van der Waals surface area contributed by atoms with Crippen molar-refractivity contribution < 1.29 is 41.1 Å². The number of aryl methyl sites for hydroxylation is 1. The van der Waals surface area contributed by atoms with Gasteiger partial charge in [0.05, 0.1) is 35.2 Å². The average molecular weight is 724 g/mol. The molecule has 3 atom stereocenters. The molecule has 3 fully saturated rings. The topological polar surface area (TPSA) is 149 Å². The number of carbonyl (C=O) groups excluding carboxylic acids is 3. The Balaban J connectivity index is 1.34. The Morgan fingerprint density at radius 1 is 1.14 bits per heavy atom. The maximum absolute atomic E-state index is 14.2. The number of imidazole rings is 1. The lowest BCUT2D eigenvalue weighted by Gasteiger charge is -2.40.